The first kappa shape index (κ1) is 19.1. The van der Waals surface area contributed by atoms with Crippen LogP contribution in [0, 0.1) is 5.92 Å². The Balaban J connectivity index is 3.38. The van der Waals surface area contributed by atoms with Crippen LogP contribution in [-0.4, -0.2) is 17.4 Å². The van der Waals surface area contributed by atoms with Crippen LogP contribution in [0.1, 0.15) is 90.4 Å². The summed E-state index contributed by atoms with van der Waals surface area (Å²) in [4.78, 5) is 21.4. The zero-order valence-electron chi connectivity index (χ0n) is 13.1. The summed E-state index contributed by atoms with van der Waals surface area (Å²) in [5.41, 5.74) is 0. The highest BCUT2D eigenvalue weighted by Crippen LogP contribution is 2.17. The summed E-state index contributed by atoms with van der Waals surface area (Å²) in [5.74, 6) is -0.532. The van der Waals surface area contributed by atoms with E-state index in [1.165, 1.54) is 38.5 Å². The Morgan fingerprint density at radius 1 is 0.900 bits per heavy atom. The largest absolute Gasteiger partial charge is 0.481 e. The predicted octanol–water partition coefficient (Wildman–Crippen LogP) is 4.98. The fourth-order valence-corrected chi connectivity index (χ4v) is 2.50. The second-order valence-electron chi connectivity index (χ2n) is 5.80. The fraction of sp³-hybridized carbons (Fsp3) is 0.882. The van der Waals surface area contributed by atoms with Crippen molar-refractivity contribution in [1.82, 2.24) is 0 Å². The van der Waals surface area contributed by atoms with Gasteiger partial charge in [-0.05, 0) is 19.3 Å². The zero-order valence-corrected chi connectivity index (χ0v) is 13.1. The Morgan fingerprint density at radius 3 is 1.90 bits per heavy atom. The highest BCUT2D eigenvalue weighted by Gasteiger charge is 2.07. The van der Waals surface area contributed by atoms with Crippen molar-refractivity contribution in [3.8, 4) is 0 Å². The summed E-state index contributed by atoms with van der Waals surface area (Å²) in [6, 6.07) is 0. The van der Waals surface area contributed by atoms with Crippen LogP contribution >= 0.6 is 0 Å². The summed E-state index contributed by atoms with van der Waals surface area (Å²) in [5, 5.41) is 8.53. The van der Waals surface area contributed by atoms with Gasteiger partial charge in [0.2, 0.25) is 0 Å². The topological polar surface area (TPSA) is 54.4 Å². The minimum absolute atomic E-state index is 0.190. The molecular formula is C17H32O3. The summed E-state index contributed by atoms with van der Waals surface area (Å²) < 4.78 is 0. The normalized spacial score (nSPS) is 12.2. The van der Waals surface area contributed by atoms with Crippen molar-refractivity contribution in [3.05, 3.63) is 0 Å². The van der Waals surface area contributed by atoms with Gasteiger partial charge in [0.25, 0.3) is 0 Å². The zero-order chi connectivity index (χ0) is 15.1. The average Bonchev–Trinajstić information content (AvgIpc) is 2.43. The lowest BCUT2D eigenvalue weighted by Crippen LogP contribution is -2.02. The minimum atomic E-state index is -0.722. The van der Waals surface area contributed by atoms with E-state index in [2.05, 4.69) is 6.92 Å². The number of carbonyl (C=O) groups excluding carboxylic acids is 1. The number of carboxylic acids is 1. The molecule has 3 nitrogen and oxygen atoms in total. The third kappa shape index (κ3) is 13.6. The minimum Gasteiger partial charge on any atom is -0.481 e. The fourth-order valence-electron chi connectivity index (χ4n) is 2.50. The van der Waals surface area contributed by atoms with Gasteiger partial charge in [0.05, 0.1) is 0 Å². The van der Waals surface area contributed by atoms with E-state index in [9.17, 15) is 9.59 Å². The van der Waals surface area contributed by atoms with E-state index < -0.39 is 5.97 Å². The molecular weight excluding hydrogens is 252 g/mol. The van der Waals surface area contributed by atoms with E-state index in [-0.39, 0.29) is 12.3 Å². The first-order valence-electron chi connectivity index (χ1n) is 8.37. The summed E-state index contributed by atoms with van der Waals surface area (Å²) >= 11 is 0. The van der Waals surface area contributed by atoms with Crippen molar-refractivity contribution in [2.24, 2.45) is 5.92 Å². The molecule has 0 radical (unpaired) electrons. The van der Waals surface area contributed by atoms with Crippen molar-refractivity contribution in [3.63, 3.8) is 0 Å². The molecule has 3 heteroatoms. The number of hydrogen-bond donors (Lipinski definition) is 1. The quantitative estimate of drug-likeness (QED) is 0.341. The van der Waals surface area contributed by atoms with Crippen LogP contribution in [0.15, 0.2) is 0 Å². The van der Waals surface area contributed by atoms with Gasteiger partial charge in [0.15, 0.2) is 0 Å². The number of aldehydes is 1. The number of rotatable bonds is 15. The van der Waals surface area contributed by atoms with Crippen LogP contribution in [0.3, 0.4) is 0 Å². The van der Waals surface area contributed by atoms with Crippen LogP contribution in [0.25, 0.3) is 0 Å². The summed E-state index contributed by atoms with van der Waals surface area (Å²) in [6.07, 6.45) is 14.9. The third-order valence-corrected chi connectivity index (χ3v) is 3.84. The summed E-state index contributed by atoms with van der Waals surface area (Å²) in [6.45, 7) is 2.23. The molecule has 0 saturated carbocycles. The maximum absolute atomic E-state index is 11.0. The Hall–Kier alpha value is -0.860. The molecule has 0 aliphatic carbocycles. The van der Waals surface area contributed by atoms with Crippen molar-refractivity contribution in [1.29, 1.82) is 0 Å². The van der Waals surface area contributed by atoms with Crippen molar-refractivity contribution in [2.45, 2.75) is 90.4 Å². The van der Waals surface area contributed by atoms with Crippen molar-refractivity contribution < 1.29 is 14.7 Å². The van der Waals surface area contributed by atoms with Crippen molar-refractivity contribution >= 4 is 12.3 Å². The maximum atomic E-state index is 11.0. The van der Waals surface area contributed by atoms with Gasteiger partial charge in [-0.25, -0.2) is 0 Å². The standard InChI is InChI=1S/C17H32O3/c1-2-3-4-5-6-7-9-12-16(15-18)13-10-8-11-14-17(19)20/h15-16H,2-14H2,1H3,(H,19,20). The van der Waals surface area contributed by atoms with Gasteiger partial charge in [0.1, 0.15) is 6.29 Å². The first-order valence-corrected chi connectivity index (χ1v) is 8.37. The van der Waals surface area contributed by atoms with Gasteiger partial charge in [-0.1, -0.05) is 64.7 Å². The van der Waals surface area contributed by atoms with Gasteiger partial charge in [0, 0.05) is 12.3 Å². The molecule has 118 valence electrons. The molecule has 0 aromatic rings. The lowest BCUT2D eigenvalue weighted by atomic mass is 9.95. The van der Waals surface area contributed by atoms with Gasteiger partial charge < -0.3 is 9.90 Å². The van der Waals surface area contributed by atoms with Gasteiger partial charge in [-0.2, -0.15) is 0 Å². The third-order valence-electron chi connectivity index (χ3n) is 3.84. The van der Waals surface area contributed by atoms with Gasteiger partial charge in [-0.3, -0.25) is 4.79 Å². The molecule has 0 amide bonds. The highest BCUT2D eigenvalue weighted by molar-refractivity contribution is 5.66. The smallest absolute Gasteiger partial charge is 0.303 e. The van der Waals surface area contributed by atoms with Crippen LogP contribution in [0.4, 0.5) is 0 Å². The number of carboxylic acid groups (broad SMARTS) is 1. The van der Waals surface area contributed by atoms with Crippen LogP contribution in [0.2, 0.25) is 0 Å². The second kappa shape index (κ2) is 14.5. The Labute approximate surface area is 124 Å². The molecule has 0 aliphatic rings. The summed E-state index contributed by atoms with van der Waals surface area (Å²) in [7, 11) is 0. The molecule has 20 heavy (non-hydrogen) atoms. The molecule has 0 aliphatic heterocycles. The van der Waals surface area contributed by atoms with E-state index in [0.29, 0.717) is 0 Å². The van der Waals surface area contributed by atoms with E-state index in [1.54, 1.807) is 0 Å². The predicted molar refractivity (Wildman–Crippen MR) is 82.9 cm³/mol. The molecule has 0 bridgehead atoms. The molecule has 0 saturated heterocycles. The lowest BCUT2D eigenvalue weighted by Gasteiger charge is -2.09. The molecule has 0 fully saturated rings. The monoisotopic (exact) mass is 284 g/mol. The Morgan fingerprint density at radius 2 is 1.40 bits per heavy atom. The number of hydrogen-bond acceptors (Lipinski definition) is 2. The van der Waals surface area contributed by atoms with E-state index in [4.69, 9.17) is 5.11 Å². The molecule has 0 heterocycles. The highest BCUT2D eigenvalue weighted by atomic mass is 16.4. The molecule has 1 N–H and O–H groups in total. The molecule has 0 spiro atoms. The maximum Gasteiger partial charge on any atom is 0.303 e. The number of unbranched alkanes of at least 4 members (excludes halogenated alkanes) is 8. The van der Waals surface area contributed by atoms with E-state index in [1.807, 2.05) is 0 Å². The van der Waals surface area contributed by atoms with E-state index in [0.717, 1.165) is 44.8 Å². The molecule has 0 aromatic carbocycles. The molecule has 0 rings (SSSR count). The lowest BCUT2D eigenvalue weighted by molar-refractivity contribution is -0.137. The van der Waals surface area contributed by atoms with E-state index >= 15 is 0 Å². The number of carbonyl (C=O) groups is 2. The van der Waals surface area contributed by atoms with Crippen LogP contribution < -0.4 is 0 Å². The molecule has 1 atom stereocenters. The van der Waals surface area contributed by atoms with Gasteiger partial charge >= 0.3 is 5.97 Å². The van der Waals surface area contributed by atoms with Crippen molar-refractivity contribution in [2.75, 3.05) is 0 Å². The number of aliphatic carboxylic acids is 1. The average molecular weight is 284 g/mol. The SMILES string of the molecule is CCCCCCCCCC(C=O)CCCCCC(=O)O. The molecule has 0 aromatic heterocycles. The second-order valence-corrected chi connectivity index (χ2v) is 5.80. The van der Waals surface area contributed by atoms with Crippen LogP contribution in [0.5, 0.6) is 0 Å². The molecule has 1 unspecified atom stereocenters. The van der Waals surface area contributed by atoms with Gasteiger partial charge in [-0.15, -0.1) is 0 Å². The van der Waals surface area contributed by atoms with Crippen LogP contribution in [-0.2, 0) is 9.59 Å². The first-order chi connectivity index (χ1) is 9.70. The Kier molecular flexibility index (Phi) is 13.9. The Bertz CT molecular complexity index is 238.